The number of carboxylic acids is 1. The van der Waals surface area contributed by atoms with Gasteiger partial charge in [-0.25, -0.2) is 0 Å². The molecule has 1 amide bonds. The summed E-state index contributed by atoms with van der Waals surface area (Å²) in [6, 6.07) is 8.00. The number of carboxylic acid groups (broad SMARTS) is 1. The van der Waals surface area contributed by atoms with Gasteiger partial charge in [0.2, 0.25) is 5.91 Å². The van der Waals surface area contributed by atoms with E-state index in [1.54, 1.807) is 4.90 Å². The number of aliphatic hydroxyl groups excluding tert-OH is 1. The van der Waals surface area contributed by atoms with E-state index in [-0.39, 0.29) is 18.9 Å². The summed E-state index contributed by atoms with van der Waals surface area (Å²) in [7, 11) is 0. The minimum atomic E-state index is -1.12. The van der Waals surface area contributed by atoms with Gasteiger partial charge in [0.25, 0.3) is 0 Å². The van der Waals surface area contributed by atoms with E-state index in [4.69, 9.17) is 0 Å². The van der Waals surface area contributed by atoms with Crippen molar-refractivity contribution in [1.82, 2.24) is 4.90 Å². The predicted molar refractivity (Wildman–Crippen MR) is 96.4 cm³/mol. The molecule has 2 N–H and O–H groups in total. The molecule has 1 aliphatic rings. The second kappa shape index (κ2) is 8.00. The fourth-order valence-electron chi connectivity index (χ4n) is 3.60. The Balaban J connectivity index is 2.01. The van der Waals surface area contributed by atoms with Crippen LogP contribution in [0.1, 0.15) is 57.1 Å². The van der Waals surface area contributed by atoms with E-state index < -0.39 is 17.5 Å². The first-order valence-corrected chi connectivity index (χ1v) is 9.08. The SMILES string of the molecule is CCC[C@]1(C(=O)O)CCN(C(=O)Cc2ccc(C(C)C)cc2)C[C@@H]1O. The zero-order chi connectivity index (χ0) is 18.6. The number of aliphatic carboxylic acids is 1. The zero-order valence-corrected chi connectivity index (χ0v) is 15.4. The molecule has 0 saturated carbocycles. The van der Waals surface area contributed by atoms with Crippen molar-refractivity contribution in [2.75, 3.05) is 13.1 Å². The molecule has 0 bridgehead atoms. The predicted octanol–water partition coefficient (Wildman–Crippen LogP) is 2.82. The van der Waals surface area contributed by atoms with Crippen LogP contribution < -0.4 is 0 Å². The monoisotopic (exact) mass is 347 g/mol. The van der Waals surface area contributed by atoms with Crippen LogP contribution in [0.4, 0.5) is 0 Å². The number of rotatable bonds is 6. The zero-order valence-electron chi connectivity index (χ0n) is 15.4. The van der Waals surface area contributed by atoms with Gasteiger partial charge in [-0.15, -0.1) is 0 Å². The summed E-state index contributed by atoms with van der Waals surface area (Å²) in [5.41, 5.74) is 1.05. The van der Waals surface area contributed by atoms with Crippen molar-refractivity contribution < 1.29 is 19.8 Å². The number of aliphatic hydroxyl groups is 1. The van der Waals surface area contributed by atoms with Gasteiger partial charge < -0.3 is 15.1 Å². The van der Waals surface area contributed by atoms with Crippen LogP contribution in [0.15, 0.2) is 24.3 Å². The van der Waals surface area contributed by atoms with Crippen molar-refractivity contribution in [2.24, 2.45) is 5.41 Å². The number of amides is 1. The largest absolute Gasteiger partial charge is 0.481 e. The van der Waals surface area contributed by atoms with E-state index in [9.17, 15) is 19.8 Å². The van der Waals surface area contributed by atoms with Crippen LogP contribution >= 0.6 is 0 Å². The molecule has 25 heavy (non-hydrogen) atoms. The third-order valence-electron chi connectivity index (χ3n) is 5.34. The molecule has 1 aromatic rings. The molecule has 2 rings (SSSR count). The molecule has 0 aliphatic carbocycles. The second-order valence-corrected chi connectivity index (χ2v) is 7.39. The fraction of sp³-hybridized carbons (Fsp3) is 0.600. The topological polar surface area (TPSA) is 77.8 Å². The van der Waals surface area contributed by atoms with Gasteiger partial charge in [-0.1, -0.05) is 51.5 Å². The molecule has 1 aliphatic heterocycles. The van der Waals surface area contributed by atoms with Crippen LogP contribution in [0.2, 0.25) is 0 Å². The third kappa shape index (κ3) is 4.21. The summed E-state index contributed by atoms with van der Waals surface area (Å²) in [6.45, 7) is 6.64. The number of carbonyl (C=O) groups is 2. The molecule has 5 nitrogen and oxygen atoms in total. The Morgan fingerprint density at radius 3 is 2.40 bits per heavy atom. The van der Waals surface area contributed by atoms with Gasteiger partial charge in [0, 0.05) is 13.1 Å². The highest BCUT2D eigenvalue weighted by molar-refractivity contribution is 5.80. The number of likely N-dealkylation sites (tertiary alicyclic amines) is 1. The number of nitrogens with zero attached hydrogens (tertiary/aromatic N) is 1. The Kier molecular flexibility index (Phi) is 6.22. The molecule has 138 valence electrons. The standard InChI is InChI=1S/C20H29NO4/c1-4-9-20(19(24)25)10-11-21(13-17(20)22)18(23)12-15-5-7-16(8-6-15)14(2)3/h5-8,14,17,22H,4,9-13H2,1-3H3,(H,24,25)/t17-,20-/m0/s1. The Labute approximate surface area is 149 Å². The smallest absolute Gasteiger partial charge is 0.312 e. The first kappa shape index (κ1) is 19.4. The fourth-order valence-corrected chi connectivity index (χ4v) is 3.60. The first-order chi connectivity index (χ1) is 11.8. The molecule has 1 saturated heterocycles. The molecule has 2 atom stereocenters. The van der Waals surface area contributed by atoms with Crippen LogP contribution in [-0.2, 0) is 16.0 Å². The molecule has 5 heteroatoms. The summed E-state index contributed by atoms with van der Waals surface area (Å²) in [5, 5.41) is 20.0. The highest BCUT2D eigenvalue weighted by Crippen LogP contribution is 2.37. The number of β-amino-alcohol motifs (C(OH)–C–C–N with tert-alkyl or cyclic N) is 1. The lowest BCUT2D eigenvalue weighted by Gasteiger charge is -2.42. The Morgan fingerprint density at radius 2 is 1.92 bits per heavy atom. The van der Waals surface area contributed by atoms with Crippen LogP contribution in [0.5, 0.6) is 0 Å². The number of benzene rings is 1. The molecule has 1 fully saturated rings. The normalized spacial score (nSPS) is 23.7. The molecular formula is C20H29NO4. The number of piperidine rings is 1. The molecule has 1 heterocycles. The van der Waals surface area contributed by atoms with Gasteiger partial charge in [-0.3, -0.25) is 9.59 Å². The Bertz CT molecular complexity index is 611. The summed E-state index contributed by atoms with van der Waals surface area (Å²) in [6.07, 6.45) is 0.682. The quantitative estimate of drug-likeness (QED) is 0.829. The number of carbonyl (C=O) groups excluding carboxylic acids is 1. The third-order valence-corrected chi connectivity index (χ3v) is 5.34. The Morgan fingerprint density at radius 1 is 1.28 bits per heavy atom. The van der Waals surface area contributed by atoms with Crippen molar-refractivity contribution in [3.8, 4) is 0 Å². The lowest BCUT2D eigenvalue weighted by molar-refractivity contribution is -0.167. The maximum atomic E-state index is 12.5. The highest BCUT2D eigenvalue weighted by Gasteiger charge is 2.48. The van der Waals surface area contributed by atoms with Crippen LogP contribution in [0.25, 0.3) is 0 Å². The van der Waals surface area contributed by atoms with E-state index in [1.807, 2.05) is 31.2 Å². The maximum Gasteiger partial charge on any atom is 0.312 e. The molecule has 0 radical (unpaired) electrons. The van der Waals surface area contributed by atoms with Crippen molar-refractivity contribution in [3.05, 3.63) is 35.4 Å². The minimum Gasteiger partial charge on any atom is -0.481 e. The second-order valence-electron chi connectivity index (χ2n) is 7.39. The van der Waals surface area contributed by atoms with Gasteiger partial charge in [0.1, 0.15) is 0 Å². The molecular weight excluding hydrogens is 318 g/mol. The summed E-state index contributed by atoms with van der Waals surface area (Å²) < 4.78 is 0. The number of hydrogen-bond acceptors (Lipinski definition) is 3. The summed E-state index contributed by atoms with van der Waals surface area (Å²) >= 11 is 0. The lowest BCUT2D eigenvalue weighted by atomic mass is 9.72. The van der Waals surface area contributed by atoms with Gasteiger partial charge in [-0.2, -0.15) is 0 Å². The number of hydrogen-bond donors (Lipinski definition) is 2. The maximum absolute atomic E-state index is 12.5. The van der Waals surface area contributed by atoms with Crippen LogP contribution in [0, 0.1) is 5.41 Å². The van der Waals surface area contributed by atoms with E-state index in [0.717, 1.165) is 5.56 Å². The molecule has 0 spiro atoms. The average Bonchev–Trinajstić information content (AvgIpc) is 2.57. The lowest BCUT2D eigenvalue weighted by Crippen LogP contribution is -2.56. The molecule has 1 aromatic carbocycles. The summed E-state index contributed by atoms with van der Waals surface area (Å²) in [5.74, 6) is -0.574. The van der Waals surface area contributed by atoms with E-state index >= 15 is 0 Å². The summed E-state index contributed by atoms with van der Waals surface area (Å²) in [4.78, 5) is 25.8. The van der Waals surface area contributed by atoms with Gasteiger partial charge in [0.15, 0.2) is 0 Å². The Hall–Kier alpha value is -1.88. The van der Waals surface area contributed by atoms with Crippen molar-refractivity contribution >= 4 is 11.9 Å². The van der Waals surface area contributed by atoms with Crippen LogP contribution in [0.3, 0.4) is 0 Å². The minimum absolute atomic E-state index is 0.0631. The van der Waals surface area contributed by atoms with E-state index in [0.29, 0.717) is 31.7 Å². The average molecular weight is 347 g/mol. The van der Waals surface area contributed by atoms with Gasteiger partial charge >= 0.3 is 5.97 Å². The molecule has 0 aromatic heterocycles. The molecule has 0 unspecified atom stereocenters. The van der Waals surface area contributed by atoms with Crippen molar-refractivity contribution in [1.29, 1.82) is 0 Å². The van der Waals surface area contributed by atoms with Crippen molar-refractivity contribution in [2.45, 2.75) is 58.5 Å². The van der Waals surface area contributed by atoms with Crippen molar-refractivity contribution in [3.63, 3.8) is 0 Å². The van der Waals surface area contributed by atoms with Gasteiger partial charge in [0.05, 0.1) is 17.9 Å². The van der Waals surface area contributed by atoms with Gasteiger partial charge in [-0.05, 0) is 29.9 Å². The highest BCUT2D eigenvalue weighted by atomic mass is 16.4. The first-order valence-electron chi connectivity index (χ1n) is 9.08. The van der Waals surface area contributed by atoms with E-state index in [1.165, 1.54) is 5.56 Å². The van der Waals surface area contributed by atoms with Crippen LogP contribution in [-0.4, -0.2) is 46.2 Å². The van der Waals surface area contributed by atoms with E-state index in [2.05, 4.69) is 13.8 Å².